The van der Waals surface area contributed by atoms with E-state index in [1.54, 1.807) is 163 Å². The molecule has 0 bridgehead atoms. The molecule has 0 aromatic rings. The SMILES string of the molecule is CCC[Si](CCC)(CCC)[Si](CCC)(CCC)[Si](CCC)(CCC)[Si](CCC)(CCC)[Si](CCC)(CCC)[Si](CCC)(CCC)[Si](CCC)(CCC)[Si](CCC)(CCC)[Si](CCC)(CCC)[Si](CCC)(CCC)CCC. The molecule has 0 aliphatic rings. The van der Waals surface area contributed by atoms with Gasteiger partial charge in [0, 0.05) is 72.1 Å². The van der Waals surface area contributed by atoms with E-state index >= 15 is 0 Å². The van der Waals surface area contributed by atoms with Gasteiger partial charge in [0.2, 0.25) is 0 Å². The van der Waals surface area contributed by atoms with Crippen LogP contribution in [0.15, 0.2) is 0 Å². The average molecular weight is 1230 g/mol. The molecule has 0 saturated heterocycles. The summed E-state index contributed by atoms with van der Waals surface area (Å²) < 4.78 is 0. The fourth-order valence-corrected chi connectivity index (χ4v) is 398. The van der Waals surface area contributed by atoms with Crippen molar-refractivity contribution in [2.75, 3.05) is 0 Å². The van der Waals surface area contributed by atoms with Crippen molar-refractivity contribution in [1.29, 1.82) is 0 Å². The first-order valence-corrected chi connectivity index (χ1v) is 70.1. The molecule has 0 spiro atoms. The van der Waals surface area contributed by atoms with Crippen molar-refractivity contribution in [3.05, 3.63) is 0 Å². The normalized spacial score (nSPS) is 14.1. The van der Waals surface area contributed by atoms with E-state index in [-0.39, 0.29) is 0 Å². The predicted octanol–water partition coefficient (Wildman–Crippen LogP) is 26.2. The lowest BCUT2D eigenvalue weighted by Crippen LogP contribution is -3.01. The second-order valence-corrected chi connectivity index (χ2v) is 125. The Kier molecular flexibility index (Phi) is 40.9. The lowest BCUT2D eigenvalue weighted by atomic mass is 10.6. The highest BCUT2D eigenvalue weighted by Gasteiger charge is 2.82. The van der Waals surface area contributed by atoms with E-state index in [9.17, 15) is 0 Å². The van der Waals surface area contributed by atoms with Crippen LogP contribution in [0.5, 0.6) is 0 Å². The van der Waals surface area contributed by atoms with Gasteiger partial charge in [-0.15, -0.1) is 0 Å². The Balaban J connectivity index is 11.9. The molecular weight excluding hydrogens is 1070 g/mol. The molecule has 0 aliphatic carbocycles. The first-order chi connectivity index (χ1) is 36.6. The van der Waals surface area contributed by atoms with Gasteiger partial charge in [0.1, 0.15) is 0 Å². The smallest absolute Gasteiger partial charge is 0.0450 e. The van der Waals surface area contributed by atoms with E-state index in [1.165, 1.54) is 38.5 Å². The van der Waals surface area contributed by atoms with Crippen molar-refractivity contribution in [3.63, 3.8) is 0 Å². The Morgan fingerprint density at radius 3 is 0.276 bits per heavy atom. The zero-order valence-electron chi connectivity index (χ0n) is 58.1. The van der Waals surface area contributed by atoms with Gasteiger partial charge >= 0.3 is 0 Å². The monoisotopic (exact) mass is 1230 g/mol. The van der Waals surface area contributed by atoms with Gasteiger partial charge in [-0.1, -0.05) is 427 Å². The zero-order chi connectivity index (χ0) is 58.1. The quantitative estimate of drug-likeness (QED) is 0.0533. The fraction of sp³-hybridized carbons (Fsp3) is 1.00. The first kappa shape index (κ1) is 78.2. The van der Waals surface area contributed by atoms with Crippen LogP contribution in [0.1, 0.15) is 294 Å². The molecule has 0 atom stereocenters. The second kappa shape index (κ2) is 39.7. The highest BCUT2D eigenvalue weighted by Crippen LogP contribution is 2.65. The Hall–Kier alpha value is 2.17. The van der Waals surface area contributed by atoms with Gasteiger partial charge < -0.3 is 0 Å². The molecule has 0 aromatic heterocycles. The largest absolute Gasteiger partial charge is 0.0657 e. The van der Waals surface area contributed by atoms with E-state index < -0.39 is 72.1 Å². The second-order valence-electron chi connectivity index (χ2n) is 27.7. The molecule has 0 N–H and O–H groups in total. The zero-order valence-corrected chi connectivity index (χ0v) is 68.1. The molecule has 76 heavy (non-hydrogen) atoms. The maximum absolute atomic E-state index is 2.89. The topological polar surface area (TPSA) is 0 Å². The van der Waals surface area contributed by atoms with E-state index in [4.69, 9.17) is 0 Å². The molecule has 0 nitrogen and oxygen atoms in total. The third-order valence-corrected chi connectivity index (χ3v) is 236. The third-order valence-electron chi connectivity index (χ3n) is 23.6. The first-order valence-electron chi connectivity index (χ1n) is 36.6. The van der Waals surface area contributed by atoms with Crippen LogP contribution in [-0.2, 0) is 0 Å². The number of hydrogen-bond acceptors (Lipinski definition) is 0. The lowest BCUT2D eigenvalue weighted by molar-refractivity contribution is 0.916. The summed E-state index contributed by atoms with van der Waals surface area (Å²) in [4.78, 5) is 0. The van der Waals surface area contributed by atoms with Gasteiger partial charge in [0.05, 0.1) is 0 Å². The molecule has 0 unspecified atom stereocenters. The maximum Gasteiger partial charge on any atom is 0.0450 e. The molecule has 458 valence electrons. The minimum atomic E-state index is -2.05. The summed E-state index contributed by atoms with van der Waals surface area (Å²) in [5.74, 6) is 0. The van der Waals surface area contributed by atoms with Crippen molar-refractivity contribution in [2.24, 2.45) is 0 Å². The molecule has 0 radical (unpaired) electrons. The summed E-state index contributed by atoms with van der Waals surface area (Å²) in [6, 6.07) is 39.8. The van der Waals surface area contributed by atoms with Crippen LogP contribution in [-0.4, -0.2) is 72.1 Å². The molecular formula is C66H154Si10. The van der Waals surface area contributed by atoms with Gasteiger partial charge in [0.15, 0.2) is 0 Å². The van der Waals surface area contributed by atoms with Crippen LogP contribution in [0.3, 0.4) is 0 Å². The standard InChI is InChI=1S/C66H154Si10/c1-23-45-67(46-24-2,47-25-3)69(51-29-7,52-30-8)71(55-33-11,56-34-12)73(59-37-15,60-38-16)75(63-41-19,64-42-20)76(65-43-21,66-44-22)74(61-39-17,62-40-18)72(57-35-13,58-36-14)70(53-31-9,54-32-10)68(48-26-4,49-27-5)50-28-6/h23-66H2,1-22H3. The minimum absolute atomic E-state index is 1.51. The predicted molar refractivity (Wildman–Crippen MR) is 390 cm³/mol. The summed E-state index contributed by atoms with van der Waals surface area (Å²) in [6.07, 6.45) is 34.0. The van der Waals surface area contributed by atoms with Gasteiger partial charge in [0.25, 0.3) is 0 Å². The van der Waals surface area contributed by atoms with E-state index in [0.29, 0.717) is 0 Å². The molecule has 0 heterocycles. The molecule has 0 amide bonds. The van der Waals surface area contributed by atoms with E-state index in [0.717, 1.165) is 0 Å². The van der Waals surface area contributed by atoms with Gasteiger partial charge in [-0.2, -0.15) is 0 Å². The van der Waals surface area contributed by atoms with Crippen LogP contribution < -0.4 is 0 Å². The summed E-state index contributed by atoms with van der Waals surface area (Å²) in [5.41, 5.74) is 0. The van der Waals surface area contributed by atoms with Gasteiger partial charge in [-0.25, -0.2) is 0 Å². The minimum Gasteiger partial charge on any atom is -0.0657 e. The van der Waals surface area contributed by atoms with Crippen molar-refractivity contribution < 1.29 is 0 Å². The molecule has 0 aliphatic heterocycles. The third kappa shape index (κ3) is 14.7. The van der Waals surface area contributed by atoms with Crippen LogP contribution in [0.25, 0.3) is 0 Å². The number of rotatable bonds is 53. The van der Waals surface area contributed by atoms with Crippen LogP contribution in [0.4, 0.5) is 0 Å². The molecule has 0 saturated carbocycles. The average Bonchev–Trinajstić information content (AvgIpc) is 3.38. The molecule has 0 fully saturated rings. The Labute approximate surface area is 494 Å². The number of hydrogen-bond donors (Lipinski definition) is 0. The fourth-order valence-electron chi connectivity index (χ4n) is 24.4. The molecule has 10 heteroatoms. The van der Waals surface area contributed by atoms with Crippen LogP contribution >= 0.6 is 0 Å². The Morgan fingerprint density at radius 1 is 0.105 bits per heavy atom. The van der Waals surface area contributed by atoms with E-state index in [1.807, 2.05) is 72.5 Å². The Bertz CT molecular complexity index is 1230. The van der Waals surface area contributed by atoms with Crippen molar-refractivity contribution in [1.82, 2.24) is 0 Å². The molecule has 0 aromatic carbocycles. The molecule has 0 rings (SSSR count). The highest BCUT2D eigenvalue weighted by atomic mass is 30.1. The van der Waals surface area contributed by atoms with Crippen molar-refractivity contribution in [3.8, 4) is 0 Å². The highest BCUT2D eigenvalue weighted by molar-refractivity contribution is 8.08. The summed E-state index contributed by atoms with van der Waals surface area (Å²) in [7, 11) is -19.0. The summed E-state index contributed by atoms with van der Waals surface area (Å²) in [6.45, 7) is 62.1. The van der Waals surface area contributed by atoms with Crippen LogP contribution in [0, 0.1) is 0 Å². The Morgan fingerprint density at radius 2 is 0.184 bits per heavy atom. The van der Waals surface area contributed by atoms with Gasteiger partial charge in [-0.3, -0.25) is 0 Å². The summed E-state index contributed by atoms with van der Waals surface area (Å²) >= 11 is 0. The van der Waals surface area contributed by atoms with Gasteiger partial charge in [-0.05, 0) is 0 Å². The van der Waals surface area contributed by atoms with E-state index in [2.05, 4.69) is 152 Å². The van der Waals surface area contributed by atoms with Crippen molar-refractivity contribution in [2.45, 2.75) is 427 Å². The van der Waals surface area contributed by atoms with Crippen molar-refractivity contribution >= 4 is 72.1 Å². The maximum atomic E-state index is 2.89. The lowest BCUT2D eigenvalue weighted by Gasteiger charge is -2.77. The summed E-state index contributed by atoms with van der Waals surface area (Å²) in [5, 5.41) is 0. The van der Waals surface area contributed by atoms with Crippen LogP contribution in [0.2, 0.25) is 133 Å².